The van der Waals surface area contributed by atoms with E-state index in [1.54, 1.807) is 0 Å². The second-order valence-corrected chi connectivity index (χ2v) is 5.50. The van der Waals surface area contributed by atoms with Gasteiger partial charge in [-0.05, 0) is 43.3 Å². The van der Waals surface area contributed by atoms with Crippen LogP contribution in [-0.4, -0.2) is 32.3 Å². The van der Waals surface area contributed by atoms with Crippen molar-refractivity contribution < 1.29 is 19.0 Å². The molecule has 0 atom stereocenters. The van der Waals surface area contributed by atoms with Crippen molar-refractivity contribution in [2.24, 2.45) is 0 Å². The predicted octanol–water partition coefficient (Wildman–Crippen LogP) is 3.06. The molecule has 5 nitrogen and oxygen atoms in total. The van der Waals surface area contributed by atoms with Gasteiger partial charge in [0, 0.05) is 5.56 Å². The Hall–Kier alpha value is -2.95. The normalized spacial score (nSPS) is 12.4. The van der Waals surface area contributed by atoms with Crippen molar-refractivity contribution >= 4 is 12.0 Å². The Morgan fingerprint density at radius 1 is 1.08 bits per heavy atom. The molecule has 0 aliphatic carbocycles. The number of amides is 1. The van der Waals surface area contributed by atoms with Crippen LogP contribution >= 0.6 is 0 Å². The molecule has 0 fully saturated rings. The van der Waals surface area contributed by atoms with E-state index >= 15 is 0 Å². The second kappa shape index (κ2) is 8.24. The fourth-order valence-corrected chi connectivity index (χ4v) is 2.49. The fourth-order valence-electron chi connectivity index (χ4n) is 2.49. The van der Waals surface area contributed by atoms with E-state index in [-0.39, 0.29) is 12.5 Å². The molecule has 2 aromatic rings. The van der Waals surface area contributed by atoms with Gasteiger partial charge in [0.25, 0.3) is 5.91 Å². The summed E-state index contributed by atoms with van der Waals surface area (Å²) >= 11 is 0. The van der Waals surface area contributed by atoms with Crippen molar-refractivity contribution in [2.75, 3.05) is 26.4 Å². The molecule has 1 aliphatic rings. The van der Waals surface area contributed by atoms with E-state index in [0.29, 0.717) is 25.3 Å². The zero-order valence-electron chi connectivity index (χ0n) is 14.2. The van der Waals surface area contributed by atoms with Gasteiger partial charge in [0.15, 0.2) is 0 Å². The number of nitrogens with one attached hydrogen (secondary N) is 1. The number of hydrogen-bond acceptors (Lipinski definition) is 4. The number of carbonyl (C=O) groups excluding carboxylic acids is 1. The van der Waals surface area contributed by atoms with E-state index in [4.69, 9.17) is 14.2 Å². The van der Waals surface area contributed by atoms with Crippen molar-refractivity contribution in [3.8, 4) is 17.2 Å². The molecule has 1 N–H and O–H groups in total. The Bertz CT molecular complexity index is 753. The average Bonchev–Trinajstić information content (AvgIpc) is 2.66. The van der Waals surface area contributed by atoms with Gasteiger partial charge in [-0.1, -0.05) is 18.2 Å². The number of hydrogen-bond donors (Lipinski definition) is 1. The van der Waals surface area contributed by atoms with Gasteiger partial charge in [0.05, 0.1) is 18.7 Å². The summed E-state index contributed by atoms with van der Waals surface area (Å²) < 4.78 is 16.6. The van der Waals surface area contributed by atoms with E-state index in [1.165, 1.54) is 0 Å². The van der Waals surface area contributed by atoms with Crippen LogP contribution < -0.4 is 19.5 Å². The molecule has 1 aliphatic heterocycles. The Morgan fingerprint density at radius 3 is 2.56 bits per heavy atom. The van der Waals surface area contributed by atoms with Crippen LogP contribution in [0.5, 0.6) is 17.2 Å². The van der Waals surface area contributed by atoms with Crippen molar-refractivity contribution in [1.29, 1.82) is 0 Å². The molecular weight excluding hydrogens is 318 g/mol. The van der Waals surface area contributed by atoms with Crippen LogP contribution in [0.2, 0.25) is 0 Å². The summed E-state index contributed by atoms with van der Waals surface area (Å²) in [5.74, 6) is 2.22. The maximum absolute atomic E-state index is 12.2. The Labute approximate surface area is 147 Å². The highest BCUT2D eigenvalue weighted by molar-refractivity contribution is 5.99. The Kier molecular flexibility index (Phi) is 5.57. The van der Waals surface area contributed by atoms with E-state index in [0.717, 1.165) is 22.8 Å². The molecule has 1 heterocycles. The SMILES string of the molecule is CCOc1ccc(OCCNC(=O)C2=Cc3ccccc3OC2)cc1. The minimum atomic E-state index is -0.134. The van der Waals surface area contributed by atoms with Crippen LogP contribution in [-0.2, 0) is 4.79 Å². The van der Waals surface area contributed by atoms with Crippen molar-refractivity contribution in [3.05, 3.63) is 59.7 Å². The summed E-state index contributed by atoms with van der Waals surface area (Å²) in [6, 6.07) is 15.1. The number of rotatable bonds is 7. The summed E-state index contributed by atoms with van der Waals surface area (Å²) in [4.78, 5) is 12.2. The molecule has 2 aromatic carbocycles. The van der Waals surface area contributed by atoms with Gasteiger partial charge in [-0.25, -0.2) is 0 Å². The Balaban J connectivity index is 1.45. The summed E-state index contributed by atoms with van der Waals surface area (Å²) in [6.07, 6.45) is 1.86. The molecule has 3 rings (SSSR count). The number of para-hydroxylation sites is 1. The molecule has 25 heavy (non-hydrogen) atoms. The van der Waals surface area contributed by atoms with Crippen molar-refractivity contribution in [2.45, 2.75) is 6.92 Å². The van der Waals surface area contributed by atoms with Gasteiger partial charge in [0.2, 0.25) is 0 Å². The first-order valence-electron chi connectivity index (χ1n) is 8.32. The van der Waals surface area contributed by atoms with Gasteiger partial charge < -0.3 is 19.5 Å². The lowest BCUT2D eigenvalue weighted by Gasteiger charge is -2.17. The smallest absolute Gasteiger partial charge is 0.250 e. The standard InChI is InChI=1S/C20H21NO4/c1-2-23-17-7-9-18(10-8-17)24-12-11-21-20(22)16-13-15-5-3-4-6-19(15)25-14-16/h3-10,13H,2,11-12,14H2,1H3,(H,21,22). The number of benzene rings is 2. The summed E-state index contributed by atoms with van der Waals surface area (Å²) in [7, 11) is 0. The third-order valence-electron chi connectivity index (χ3n) is 3.71. The molecule has 0 radical (unpaired) electrons. The van der Waals surface area contributed by atoms with Crippen LogP contribution in [0.1, 0.15) is 12.5 Å². The molecule has 0 unspecified atom stereocenters. The van der Waals surface area contributed by atoms with E-state index in [1.807, 2.05) is 61.5 Å². The van der Waals surface area contributed by atoms with Gasteiger partial charge in [-0.2, -0.15) is 0 Å². The quantitative estimate of drug-likeness (QED) is 0.788. The summed E-state index contributed by atoms with van der Waals surface area (Å²) in [6.45, 7) is 3.67. The monoisotopic (exact) mass is 339 g/mol. The zero-order chi connectivity index (χ0) is 17.5. The fraction of sp³-hybridized carbons (Fsp3) is 0.250. The first-order chi connectivity index (χ1) is 12.3. The van der Waals surface area contributed by atoms with Crippen LogP contribution in [0.25, 0.3) is 6.08 Å². The molecule has 0 saturated carbocycles. The first-order valence-corrected chi connectivity index (χ1v) is 8.32. The summed E-state index contributed by atoms with van der Waals surface area (Å²) in [5.41, 5.74) is 1.53. The molecule has 0 bridgehead atoms. The highest BCUT2D eigenvalue weighted by Gasteiger charge is 2.16. The lowest BCUT2D eigenvalue weighted by atomic mass is 10.1. The van der Waals surface area contributed by atoms with Crippen LogP contribution in [0, 0.1) is 0 Å². The van der Waals surface area contributed by atoms with Crippen LogP contribution in [0.3, 0.4) is 0 Å². The second-order valence-electron chi connectivity index (χ2n) is 5.50. The van der Waals surface area contributed by atoms with Gasteiger partial charge in [-0.15, -0.1) is 0 Å². The van der Waals surface area contributed by atoms with Crippen molar-refractivity contribution in [3.63, 3.8) is 0 Å². The van der Waals surface area contributed by atoms with Gasteiger partial charge in [-0.3, -0.25) is 4.79 Å². The largest absolute Gasteiger partial charge is 0.494 e. The Morgan fingerprint density at radius 2 is 1.80 bits per heavy atom. The van der Waals surface area contributed by atoms with E-state index in [9.17, 15) is 4.79 Å². The molecular formula is C20H21NO4. The molecule has 0 saturated heterocycles. The first kappa shape index (κ1) is 16.9. The van der Waals surface area contributed by atoms with Crippen LogP contribution in [0.4, 0.5) is 0 Å². The molecule has 130 valence electrons. The number of carbonyl (C=O) groups is 1. The van der Waals surface area contributed by atoms with E-state index < -0.39 is 0 Å². The average molecular weight is 339 g/mol. The third kappa shape index (κ3) is 4.53. The number of ether oxygens (including phenoxy) is 3. The highest BCUT2D eigenvalue weighted by Crippen LogP contribution is 2.25. The molecule has 0 spiro atoms. The predicted molar refractivity (Wildman–Crippen MR) is 96.0 cm³/mol. The molecule has 1 amide bonds. The van der Waals surface area contributed by atoms with Crippen LogP contribution in [0.15, 0.2) is 54.1 Å². The van der Waals surface area contributed by atoms with Gasteiger partial charge in [0.1, 0.15) is 30.5 Å². The maximum Gasteiger partial charge on any atom is 0.250 e. The lowest BCUT2D eigenvalue weighted by molar-refractivity contribution is -0.117. The van der Waals surface area contributed by atoms with E-state index in [2.05, 4.69) is 5.32 Å². The summed E-state index contributed by atoms with van der Waals surface area (Å²) in [5, 5.41) is 2.85. The minimum absolute atomic E-state index is 0.134. The minimum Gasteiger partial charge on any atom is -0.494 e. The van der Waals surface area contributed by atoms with Gasteiger partial charge >= 0.3 is 0 Å². The number of fused-ring (bicyclic) bond motifs is 1. The van der Waals surface area contributed by atoms with Crippen molar-refractivity contribution in [1.82, 2.24) is 5.32 Å². The highest BCUT2D eigenvalue weighted by atomic mass is 16.5. The maximum atomic E-state index is 12.2. The third-order valence-corrected chi connectivity index (χ3v) is 3.71. The topological polar surface area (TPSA) is 56.8 Å². The molecule has 5 heteroatoms. The zero-order valence-corrected chi connectivity index (χ0v) is 14.2. The lowest BCUT2D eigenvalue weighted by Crippen LogP contribution is -2.31. The molecule has 0 aromatic heterocycles.